The van der Waals surface area contributed by atoms with Crippen LogP contribution >= 0.6 is 0 Å². The Hall–Kier alpha value is -2.18. The lowest BCUT2D eigenvalue weighted by Gasteiger charge is -2.14. The molecule has 0 saturated carbocycles. The van der Waals surface area contributed by atoms with Crippen LogP contribution in [0.5, 0.6) is 0 Å². The van der Waals surface area contributed by atoms with Gasteiger partial charge in [-0.2, -0.15) is 0 Å². The highest BCUT2D eigenvalue weighted by molar-refractivity contribution is 7.91. The van der Waals surface area contributed by atoms with Gasteiger partial charge in [0.05, 0.1) is 9.79 Å². The number of nitrogens with one attached hydrogen (secondary N) is 2. The van der Waals surface area contributed by atoms with Crippen LogP contribution in [-0.2, 0) is 9.84 Å². The quantitative estimate of drug-likeness (QED) is 0.753. The first-order valence-electron chi connectivity index (χ1n) is 8.30. The number of aryl methyl sites for hydroxylation is 1. The number of aromatic nitrogens is 1. The van der Waals surface area contributed by atoms with Gasteiger partial charge in [-0.25, -0.2) is 12.8 Å². The lowest BCUT2D eigenvalue weighted by atomic mass is 9.94. The minimum Gasteiger partial charge on any atom is -0.360 e. The first-order chi connectivity index (χ1) is 12.0. The lowest BCUT2D eigenvalue weighted by molar-refractivity contribution is 0.596. The number of fused-ring (bicyclic) bond motifs is 1. The predicted molar refractivity (Wildman–Crippen MR) is 95.1 cm³/mol. The zero-order valence-corrected chi connectivity index (χ0v) is 14.7. The van der Waals surface area contributed by atoms with Crippen molar-refractivity contribution in [2.45, 2.75) is 29.1 Å². The maximum absolute atomic E-state index is 13.6. The molecule has 130 valence electrons. The Bertz CT molecular complexity index is 1050. The van der Waals surface area contributed by atoms with Crippen molar-refractivity contribution in [1.82, 2.24) is 10.3 Å². The van der Waals surface area contributed by atoms with E-state index < -0.39 is 15.7 Å². The monoisotopic (exact) mass is 358 g/mol. The molecule has 0 bridgehead atoms. The van der Waals surface area contributed by atoms with Crippen LogP contribution in [-0.4, -0.2) is 26.5 Å². The van der Waals surface area contributed by atoms with Gasteiger partial charge in [0, 0.05) is 23.6 Å². The van der Waals surface area contributed by atoms with Gasteiger partial charge < -0.3 is 10.3 Å². The molecule has 3 aromatic rings. The Morgan fingerprint density at radius 1 is 1.16 bits per heavy atom. The molecule has 1 aromatic heterocycles. The predicted octanol–water partition coefficient (Wildman–Crippen LogP) is 3.53. The van der Waals surface area contributed by atoms with E-state index in [1.54, 1.807) is 18.2 Å². The third-order valence-electron chi connectivity index (χ3n) is 4.95. The van der Waals surface area contributed by atoms with Gasteiger partial charge in [0.15, 0.2) is 0 Å². The van der Waals surface area contributed by atoms with Crippen LogP contribution in [0, 0.1) is 12.7 Å². The fraction of sp³-hybridized carbons (Fsp3) is 0.263. The fourth-order valence-corrected chi connectivity index (χ4v) is 5.12. The van der Waals surface area contributed by atoms with Gasteiger partial charge in [0.25, 0.3) is 0 Å². The Labute approximate surface area is 146 Å². The number of hydrogen-bond acceptors (Lipinski definition) is 3. The second-order valence-corrected chi connectivity index (χ2v) is 8.47. The topological polar surface area (TPSA) is 62.0 Å². The molecule has 0 amide bonds. The molecule has 0 spiro atoms. The molecular weight excluding hydrogens is 339 g/mol. The molecule has 0 aliphatic carbocycles. The third kappa shape index (κ3) is 2.75. The van der Waals surface area contributed by atoms with E-state index in [0.717, 1.165) is 25.1 Å². The van der Waals surface area contributed by atoms with E-state index in [2.05, 4.69) is 10.3 Å². The zero-order valence-electron chi connectivity index (χ0n) is 13.8. The molecule has 1 atom stereocenters. The van der Waals surface area contributed by atoms with E-state index in [9.17, 15) is 12.8 Å². The van der Waals surface area contributed by atoms with E-state index in [4.69, 9.17) is 0 Å². The van der Waals surface area contributed by atoms with Crippen molar-refractivity contribution in [3.63, 3.8) is 0 Å². The summed E-state index contributed by atoms with van der Waals surface area (Å²) in [4.78, 5) is 3.26. The molecule has 1 saturated heterocycles. The molecule has 4 rings (SSSR count). The van der Waals surface area contributed by atoms with Gasteiger partial charge in [-0.05, 0) is 67.3 Å². The van der Waals surface area contributed by atoms with E-state index in [0.29, 0.717) is 16.8 Å². The summed E-state index contributed by atoms with van der Waals surface area (Å²) >= 11 is 0. The fourth-order valence-electron chi connectivity index (χ4n) is 3.61. The Morgan fingerprint density at radius 3 is 2.72 bits per heavy atom. The zero-order chi connectivity index (χ0) is 17.6. The normalized spacial score (nSPS) is 18.1. The van der Waals surface area contributed by atoms with Gasteiger partial charge in [-0.1, -0.05) is 6.07 Å². The number of aromatic amines is 1. The molecule has 1 fully saturated rings. The average molecular weight is 358 g/mol. The lowest BCUT2D eigenvalue weighted by Crippen LogP contribution is -2.09. The highest BCUT2D eigenvalue weighted by Crippen LogP contribution is 2.32. The van der Waals surface area contributed by atoms with Crippen LogP contribution in [0.2, 0.25) is 0 Å². The largest absolute Gasteiger partial charge is 0.360 e. The molecule has 0 radical (unpaired) electrons. The Balaban J connectivity index is 1.79. The summed E-state index contributed by atoms with van der Waals surface area (Å²) < 4.78 is 39.7. The summed E-state index contributed by atoms with van der Waals surface area (Å²) in [6.45, 7) is 3.86. The minimum atomic E-state index is -3.72. The molecule has 2 aromatic carbocycles. The second kappa shape index (κ2) is 5.97. The maximum Gasteiger partial charge on any atom is 0.208 e. The molecule has 2 N–H and O–H groups in total. The third-order valence-corrected chi connectivity index (χ3v) is 6.74. The summed E-state index contributed by atoms with van der Waals surface area (Å²) in [6.07, 6.45) is 2.50. The van der Waals surface area contributed by atoms with Gasteiger partial charge >= 0.3 is 0 Å². The van der Waals surface area contributed by atoms with Crippen molar-refractivity contribution in [2.75, 3.05) is 13.1 Å². The van der Waals surface area contributed by atoms with E-state index in [1.165, 1.54) is 23.9 Å². The van der Waals surface area contributed by atoms with E-state index in [1.807, 2.05) is 13.0 Å². The standard InChI is InChI=1S/C19H19FN2O2S/c1-12-8-15(3-4-16(12)13-6-7-21-10-13)25(23,24)19-11-22-18-5-2-14(20)9-17(18)19/h2-5,8-9,11,13,21-22H,6-7,10H2,1H3. The number of H-pyrrole nitrogens is 1. The Morgan fingerprint density at radius 2 is 2.00 bits per heavy atom. The highest BCUT2D eigenvalue weighted by atomic mass is 32.2. The molecule has 1 aliphatic rings. The van der Waals surface area contributed by atoms with Crippen molar-refractivity contribution >= 4 is 20.7 Å². The van der Waals surface area contributed by atoms with Crippen molar-refractivity contribution in [1.29, 1.82) is 0 Å². The summed E-state index contributed by atoms with van der Waals surface area (Å²) in [5, 5.41) is 3.71. The second-order valence-electron chi connectivity index (χ2n) is 6.55. The SMILES string of the molecule is Cc1cc(S(=O)(=O)c2c[nH]c3ccc(F)cc23)ccc1C1CCNC1. The smallest absolute Gasteiger partial charge is 0.208 e. The first kappa shape index (κ1) is 16.3. The number of benzene rings is 2. The van der Waals surface area contributed by atoms with Crippen LogP contribution in [0.1, 0.15) is 23.5 Å². The Kier molecular flexibility index (Phi) is 3.89. The summed E-state index contributed by atoms with van der Waals surface area (Å²) in [6, 6.07) is 9.41. The van der Waals surface area contributed by atoms with Gasteiger partial charge in [-0.3, -0.25) is 0 Å². The summed E-state index contributed by atoms with van der Waals surface area (Å²) in [5.41, 5.74) is 2.76. The van der Waals surface area contributed by atoms with Crippen LogP contribution in [0.25, 0.3) is 10.9 Å². The minimum absolute atomic E-state index is 0.108. The molecule has 1 unspecified atom stereocenters. The van der Waals surface area contributed by atoms with Crippen LogP contribution in [0.3, 0.4) is 0 Å². The number of hydrogen-bond donors (Lipinski definition) is 2. The van der Waals surface area contributed by atoms with Gasteiger partial charge in [0.1, 0.15) is 5.82 Å². The van der Waals surface area contributed by atoms with Gasteiger partial charge in [-0.15, -0.1) is 0 Å². The van der Waals surface area contributed by atoms with Crippen molar-refractivity contribution in [3.8, 4) is 0 Å². The van der Waals surface area contributed by atoms with Crippen molar-refractivity contribution in [2.24, 2.45) is 0 Å². The molecular formula is C19H19FN2O2S. The maximum atomic E-state index is 13.6. The first-order valence-corrected chi connectivity index (χ1v) is 9.78. The van der Waals surface area contributed by atoms with Gasteiger partial charge in [0.2, 0.25) is 9.84 Å². The van der Waals surface area contributed by atoms with Crippen molar-refractivity contribution < 1.29 is 12.8 Å². The van der Waals surface area contributed by atoms with Crippen molar-refractivity contribution in [3.05, 3.63) is 59.5 Å². The number of rotatable bonds is 3. The summed E-state index contributed by atoms with van der Waals surface area (Å²) in [5.74, 6) is -0.0252. The molecule has 2 heterocycles. The van der Waals surface area contributed by atoms with Crippen LogP contribution < -0.4 is 5.32 Å². The molecule has 1 aliphatic heterocycles. The molecule has 6 heteroatoms. The van der Waals surface area contributed by atoms with Crippen LogP contribution in [0.4, 0.5) is 4.39 Å². The summed E-state index contributed by atoms with van der Waals surface area (Å²) in [7, 11) is -3.72. The number of sulfone groups is 1. The molecule has 25 heavy (non-hydrogen) atoms. The van der Waals surface area contributed by atoms with E-state index in [-0.39, 0.29) is 9.79 Å². The van der Waals surface area contributed by atoms with Crippen LogP contribution in [0.15, 0.2) is 52.4 Å². The average Bonchev–Trinajstić information content (AvgIpc) is 3.23. The van der Waals surface area contributed by atoms with E-state index >= 15 is 0 Å². The highest BCUT2D eigenvalue weighted by Gasteiger charge is 2.24. The molecule has 4 nitrogen and oxygen atoms in total. The number of halogens is 1.